The quantitative estimate of drug-likeness (QED) is 0.776. The number of rotatable bonds is 6. The number of nitriles is 1. The third-order valence-corrected chi connectivity index (χ3v) is 3.07. The summed E-state index contributed by atoms with van der Waals surface area (Å²) in [5.74, 6) is -1.68. The Morgan fingerprint density at radius 1 is 1.04 bits per heavy atom. The minimum absolute atomic E-state index is 0.342. The predicted molar refractivity (Wildman–Crippen MR) is 89.5 cm³/mol. The van der Waals surface area contributed by atoms with Crippen LogP contribution in [0.2, 0.25) is 0 Å². The molecule has 0 saturated heterocycles. The molecule has 0 aliphatic rings. The summed E-state index contributed by atoms with van der Waals surface area (Å²) in [7, 11) is 0. The number of nitrogens with one attached hydrogen (secondary N) is 2. The van der Waals surface area contributed by atoms with Crippen LogP contribution in [0.5, 0.6) is 0 Å². The van der Waals surface area contributed by atoms with Gasteiger partial charge in [-0.3, -0.25) is 14.4 Å². The monoisotopic (exact) mass is 337 g/mol. The van der Waals surface area contributed by atoms with Crippen LogP contribution in [-0.4, -0.2) is 30.9 Å². The Bertz CT molecular complexity index is 813. The number of carbonyl (C=O) groups is 3. The summed E-state index contributed by atoms with van der Waals surface area (Å²) in [6.07, 6.45) is 0. The number of nitrogens with zero attached hydrogens (tertiary/aromatic N) is 1. The first-order valence-electron chi connectivity index (χ1n) is 7.37. The molecule has 0 spiro atoms. The molecule has 0 aromatic heterocycles. The second-order valence-corrected chi connectivity index (χ2v) is 4.95. The van der Waals surface area contributed by atoms with Crippen molar-refractivity contribution < 1.29 is 19.1 Å². The molecular weight excluding hydrogens is 322 g/mol. The van der Waals surface area contributed by atoms with Gasteiger partial charge in [0.2, 0.25) is 0 Å². The fourth-order valence-electron chi connectivity index (χ4n) is 1.90. The highest BCUT2D eigenvalue weighted by Crippen LogP contribution is 2.09. The van der Waals surface area contributed by atoms with Crippen molar-refractivity contribution in [3.8, 4) is 6.07 Å². The first kappa shape index (κ1) is 17.7. The van der Waals surface area contributed by atoms with E-state index in [1.807, 2.05) is 6.07 Å². The molecule has 0 aliphatic heterocycles. The van der Waals surface area contributed by atoms with Crippen LogP contribution < -0.4 is 10.6 Å². The van der Waals surface area contributed by atoms with Gasteiger partial charge in [-0.05, 0) is 30.3 Å². The van der Waals surface area contributed by atoms with Gasteiger partial charge in [0.15, 0.2) is 6.61 Å². The molecule has 0 atom stereocenters. The zero-order valence-electron chi connectivity index (χ0n) is 13.2. The number of ether oxygens (including phenoxy) is 1. The van der Waals surface area contributed by atoms with Gasteiger partial charge in [0.25, 0.3) is 11.8 Å². The topological polar surface area (TPSA) is 108 Å². The minimum Gasteiger partial charge on any atom is -0.454 e. The summed E-state index contributed by atoms with van der Waals surface area (Å²) in [6, 6.07) is 16.7. The largest absolute Gasteiger partial charge is 0.454 e. The van der Waals surface area contributed by atoms with Crippen molar-refractivity contribution in [2.24, 2.45) is 0 Å². The van der Waals surface area contributed by atoms with E-state index in [9.17, 15) is 14.4 Å². The molecule has 2 rings (SSSR count). The van der Waals surface area contributed by atoms with Crippen LogP contribution in [0.15, 0.2) is 54.6 Å². The van der Waals surface area contributed by atoms with Crippen LogP contribution in [0.1, 0.15) is 15.9 Å². The molecule has 0 saturated carbocycles. The van der Waals surface area contributed by atoms with Crippen molar-refractivity contribution in [1.82, 2.24) is 5.32 Å². The van der Waals surface area contributed by atoms with E-state index in [4.69, 9.17) is 10.00 Å². The Morgan fingerprint density at radius 3 is 2.52 bits per heavy atom. The summed E-state index contributed by atoms with van der Waals surface area (Å²) in [6.45, 7) is -0.832. The molecular formula is C18H15N3O4. The number of carbonyl (C=O) groups excluding carboxylic acids is 3. The molecule has 0 bridgehead atoms. The van der Waals surface area contributed by atoms with Gasteiger partial charge in [-0.1, -0.05) is 24.3 Å². The molecule has 2 N–H and O–H groups in total. The minimum atomic E-state index is -0.731. The van der Waals surface area contributed by atoms with Gasteiger partial charge in [0.1, 0.15) is 6.54 Å². The number of hydrogen-bond acceptors (Lipinski definition) is 5. The van der Waals surface area contributed by atoms with Gasteiger partial charge in [0, 0.05) is 11.3 Å². The van der Waals surface area contributed by atoms with Crippen LogP contribution >= 0.6 is 0 Å². The molecule has 0 unspecified atom stereocenters. The third kappa shape index (κ3) is 5.80. The number of amides is 2. The number of hydrogen-bond donors (Lipinski definition) is 2. The van der Waals surface area contributed by atoms with Crippen LogP contribution in [0.4, 0.5) is 5.69 Å². The highest BCUT2D eigenvalue weighted by atomic mass is 16.5. The Kier molecular flexibility index (Phi) is 6.25. The van der Waals surface area contributed by atoms with E-state index in [-0.39, 0.29) is 6.54 Å². The van der Waals surface area contributed by atoms with Crippen molar-refractivity contribution >= 4 is 23.5 Å². The number of benzene rings is 2. The van der Waals surface area contributed by atoms with E-state index in [0.29, 0.717) is 16.8 Å². The third-order valence-electron chi connectivity index (χ3n) is 3.07. The fraction of sp³-hybridized carbons (Fsp3) is 0.111. The fourth-order valence-corrected chi connectivity index (χ4v) is 1.90. The van der Waals surface area contributed by atoms with Gasteiger partial charge < -0.3 is 15.4 Å². The zero-order valence-corrected chi connectivity index (χ0v) is 13.2. The Morgan fingerprint density at radius 2 is 1.80 bits per heavy atom. The highest BCUT2D eigenvalue weighted by Gasteiger charge is 2.11. The van der Waals surface area contributed by atoms with Gasteiger partial charge in [-0.2, -0.15) is 5.26 Å². The average Bonchev–Trinajstić information content (AvgIpc) is 2.65. The molecule has 0 aliphatic carbocycles. The molecule has 2 aromatic carbocycles. The van der Waals surface area contributed by atoms with Crippen LogP contribution in [0, 0.1) is 11.3 Å². The highest BCUT2D eigenvalue weighted by molar-refractivity contribution is 5.96. The van der Waals surface area contributed by atoms with Gasteiger partial charge in [0.05, 0.1) is 11.6 Å². The lowest BCUT2D eigenvalue weighted by atomic mass is 10.2. The molecule has 25 heavy (non-hydrogen) atoms. The lowest BCUT2D eigenvalue weighted by Gasteiger charge is -2.08. The van der Waals surface area contributed by atoms with Gasteiger partial charge in [-0.15, -0.1) is 0 Å². The normalized spacial score (nSPS) is 9.56. The summed E-state index contributed by atoms with van der Waals surface area (Å²) >= 11 is 0. The van der Waals surface area contributed by atoms with Crippen LogP contribution in [0.3, 0.4) is 0 Å². The average molecular weight is 337 g/mol. The second kappa shape index (κ2) is 8.84. The zero-order chi connectivity index (χ0) is 18.1. The molecule has 7 heteroatoms. The van der Waals surface area contributed by atoms with Gasteiger partial charge in [-0.25, -0.2) is 0 Å². The smallest absolute Gasteiger partial charge is 0.325 e. The van der Waals surface area contributed by atoms with Crippen molar-refractivity contribution in [1.29, 1.82) is 5.26 Å². The van der Waals surface area contributed by atoms with E-state index < -0.39 is 24.4 Å². The van der Waals surface area contributed by atoms with E-state index in [2.05, 4.69) is 10.6 Å². The lowest BCUT2D eigenvalue weighted by Crippen LogP contribution is -2.32. The van der Waals surface area contributed by atoms with E-state index >= 15 is 0 Å². The maximum Gasteiger partial charge on any atom is 0.325 e. The summed E-state index contributed by atoms with van der Waals surface area (Å²) < 4.78 is 4.79. The Labute approximate surface area is 144 Å². The van der Waals surface area contributed by atoms with Crippen molar-refractivity contribution in [3.63, 3.8) is 0 Å². The summed E-state index contributed by atoms with van der Waals surface area (Å²) in [5, 5.41) is 13.7. The van der Waals surface area contributed by atoms with Crippen LogP contribution in [0.25, 0.3) is 0 Å². The van der Waals surface area contributed by atoms with E-state index in [0.717, 1.165) is 0 Å². The van der Waals surface area contributed by atoms with Crippen molar-refractivity contribution in [3.05, 3.63) is 65.7 Å². The summed E-state index contributed by atoms with van der Waals surface area (Å²) in [5.41, 5.74) is 1.25. The van der Waals surface area contributed by atoms with Crippen molar-refractivity contribution in [2.75, 3.05) is 18.5 Å². The van der Waals surface area contributed by atoms with E-state index in [1.165, 1.54) is 6.07 Å². The SMILES string of the molecule is N#Cc1cccc(NC(=O)COC(=O)CNC(=O)c2ccccc2)c1. The molecule has 126 valence electrons. The Hall–Kier alpha value is -3.66. The molecule has 2 amide bonds. The standard InChI is InChI=1S/C18H15N3O4/c19-10-13-5-4-8-15(9-13)21-16(22)12-25-17(23)11-20-18(24)14-6-2-1-3-7-14/h1-9H,11-12H2,(H,20,24)(H,21,22). The van der Waals surface area contributed by atoms with Crippen molar-refractivity contribution in [2.45, 2.75) is 0 Å². The molecule has 0 fully saturated rings. The van der Waals surface area contributed by atoms with Gasteiger partial charge >= 0.3 is 5.97 Å². The van der Waals surface area contributed by atoms with Crippen LogP contribution in [-0.2, 0) is 14.3 Å². The number of esters is 1. The van der Waals surface area contributed by atoms with E-state index in [1.54, 1.807) is 48.5 Å². The molecule has 7 nitrogen and oxygen atoms in total. The number of anilines is 1. The molecule has 0 radical (unpaired) electrons. The maximum absolute atomic E-state index is 11.8. The maximum atomic E-state index is 11.8. The first-order chi connectivity index (χ1) is 12.1. The second-order valence-electron chi connectivity index (χ2n) is 4.95. The summed E-state index contributed by atoms with van der Waals surface area (Å²) in [4.78, 5) is 35.1. The lowest BCUT2D eigenvalue weighted by molar-refractivity contribution is -0.146. The first-order valence-corrected chi connectivity index (χ1v) is 7.37. The Balaban J connectivity index is 1.73. The molecule has 0 heterocycles. The molecule has 2 aromatic rings. The predicted octanol–water partition coefficient (Wildman–Crippen LogP) is 1.47.